The van der Waals surface area contributed by atoms with Crippen LogP contribution in [0.4, 0.5) is 30.2 Å². The van der Waals surface area contributed by atoms with Crippen molar-refractivity contribution in [3.8, 4) is 0 Å². The second kappa shape index (κ2) is 7.40. The van der Waals surface area contributed by atoms with E-state index in [1.165, 1.54) is 12.1 Å². The van der Waals surface area contributed by atoms with Gasteiger partial charge in [0.1, 0.15) is 0 Å². The summed E-state index contributed by atoms with van der Waals surface area (Å²) < 4.78 is 60.4. The lowest BCUT2D eigenvalue weighted by Crippen LogP contribution is -2.35. The molecule has 0 saturated carbocycles. The third-order valence-corrected chi connectivity index (χ3v) is 5.96. The highest BCUT2D eigenvalue weighted by Gasteiger charge is 2.46. The minimum Gasteiger partial charge on any atom is -0.393 e. The normalized spacial score (nSPS) is 16.4. The van der Waals surface area contributed by atoms with E-state index < -0.39 is 20.2 Å². The molecule has 27 heavy (non-hydrogen) atoms. The number of hydrogen-bond donors (Lipinski definition) is 2. The highest BCUT2D eigenvalue weighted by atomic mass is 32.2. The first-order valence-electron chi connectivity index (χ1n) is 8.38. The molecule has 0 unspecified atom stereocenters. The number of halogens is 3. The fraction of sp³-hybridized carbons (Fsp3) is 0.333. The predicted molar refractivity (Wildman–Crippen MR) is 96.9 cm³/mol. The maximum Gasteiger partial charge on any atom is 0.501 e. The van der Waals surface area contributed by atoms with E-state index in [-0.39, 0.29) is 6.10 Å². The van der Waals surface area contributed by atoms with Crippen molar-refractivity contribution in [1.82, 2.24) is 0 Å². The quantitative estimate of drug-likeness (QED) is 0.819. The number of rotatable bonds is 4. The van der Waals surface area contributed by atoms with Crippen molar-refractivity contribution in [1.29, 1.82) is 0 Å². The smallest absolute Gasteiger partial charge is 0.393 e. The highest BCUT2D eigenvalue weighted by Crippen LogP contribution is 2.31. The molecule has 3 rings (SSSR count). The van der Waals surface area contributed by atoms with Crippen molar-refractivity contribution >= 4 is 26.9 Å². The molecule has 1 fully saturated rings. The molecule has 0 radical (unpaired) electrons. The third kappa shape index (κ3) is 4.36. The van der Waals surface area contributed by atoms with Crippen molar-refractivity contribution in [3.63, 3.8) is 0 Å². The van der Waals surface area contributed by atoms with Gasteiger partial charge in [-0.3, -0.25) is 0 Å². The Labute approximate surface area is 155 Å². The first-order valence-corrected chi connectivity index (χ1v) is 9.87. The van der Waals surface area contributed by atoms with Crippen LogP contribution in [0.1, 0.15) is 12.8 Å². The van der Waals surface area contributed by atoms with Crippen molar-refractivity contribution in [2.24, 2.45) is 0 Å². The lowest BCUT2D eigenvalue weighted by atomic mass is 10.1. The standard InChI is InChI=1S/C18H19F3N2O3S/c19-18(20,21)27(25,26)17-7-3-14(4-8-17)22-13-1-5-15(6-2-13)23-11-9-16(24)10-12-23/h1-8,16,22,24H,9-12H2. The number of hydrogen-bond acceptors (Lipinski definition) is 5. The lowest BCUT2D eigenvalue weighted by Gasteiger charge is -2.31. The van der Waals surface area contributed by atoms with E-state index in [4.69, 9.17) is 0 Å². The molecular weight excluding hydrogens is 381 g/mol. The topological polar surface area (TPSA) is 69.6 Å². The molecule has 1 saturated heterocycles. The Bertz CT molecular complexity index is 874. The molecule has 2 aromatic carbocycles. The monoisotopic (exact) mass is 400 g/mol. The Hall–Kier alpha value is -2.26. The van der Waals surface area contributed by atoms with Gasteiger partial charge in [0.25, 0.3) is 9.84 Å². The molecule has 1 aliphatic rings. The van der Waals surface area contributed by atoms with Gasteiger partial charge in [0.05, 0.1) is 11.0 Å². The van der Waals surface area contributed by atoms with Crippen LogP contribution in [-0.4, -0.2) is 38.2 Å². The van der Waals surface area contributed by atoms with Gasteiger partial charge in [0, 0.05) is 30.2 Å². The largest absolute Gasteiger partial charge is 0.501 e. The number of anilines is 3. The second-order valence-corrected chi connectivity index (χ2v) is 8.30. The van der Waals surface area contributed by atoms with Gasteiger partial charge in [-0.2, -0.15) is 13.2 Å². The summed E-state index contributed by atoms with van der Waals surface area (Å²) in [6, 6.07) is 11.9. The molecule has 146 valence electrons. The van der Waals surface area contributed by atoms with Gasteiger partial charge < -0.3 is 15.3 Å². The molecular formula is C18H19F3N2O3S. The molecule has 2 N–H and O–H groups in total. The van der Waals surface area contributed by atoms with Gasteiger partial charge >= 0.3 is 5.51 Å². The first-order chi connectivity index (χ1) is 12.7. The van der Waals surface area contributed by atoms with Gasteiger partial charge in [0.15, 0.2) is 0 Å². The van der Waals surface area contributed by atoms with E-state index in [0.29, 0.717) is 5.69 Å². The van der Waals surface area contributed by atoms with Crippen LogP contribution in [0.15, 0.2) is 53.4 Å². The zero-order valence-corrected chi connectivity index (χ0v) is 15.1. The van der Waals surface area contributed by atoms with E-state index in [2.05, 4.69) is 10.2 Å². The number of alkyl halides is 3. The maximum atomic E-state index is 12.6. The van der Waals surface area contributed by atoms with Crippen molar-refractivity contribution in [3.05, 3.63) is 48.5 Å². The third-order valence-electron chi connectivity index (χ3n) is 4.45. The van der Waals surface area contributed by atoms with Crippen LogP contribution in [0.2, 0.25) is 0 Å². The van der Waals surface area contributed by atoms with Crippen LogP contribution < -0.4 is 10.2 Å². The number of benzene rings is 2. The van der Waals surface area contributed by atoms with Crippen LogP contribution in [0.3, 0.4) is 0 Å². The number of piperidine rings is 1. The molecule has 0 bridgehead atoms. The van der Waals surface area contributed by atoms with Crippen LogP contribution in [0.5, 0.6) is 0 Å². The summed E-state index contributed by atoms with van der Waals surface area (Å²) >= 11 is 0. The molecule has 2 aromatic rings. The van der Waals surface area contributed by atoms with Crippen molar-refractivity contribution in [2.45, 2.75) is 29.3 Å². The molecule has 0 aromatic heterocycles. The van der Waals surface area contributed by atoms with E-state index in [1.807, 2.05) is 24.3 Å². The van der Waals surface area contributed by atoms with Crippen LogP contribution >= 0.6 is 0 Å². The Kier molecular flexibility index (Phi) is 5.34. The van der Waals surface area contributed by atoms with E-state index in [0.717, 1.165) is 49.4 Å². The van der Waals surface area contributed by atoms with Crippen LogP contribution in [-0.2, 0) is 9.84 Å². The van der Waals surface area contributed by atoms with Crippen molar-refractivity contribution < 1.29 is 26.7 Å². The highest BCUT2D eigenvalue weighted by molar-refractivity contribution is 7.92. The summed E-state index contributed by atoms with van der Waals surface area (Å²) in [5.41, 5.74) is -3.09. The fourth-order valence-corrected chi connectivity index (χ4v) is 3.66. The summed E-state index contributed by atoms with van der Waals surface area (Å²) in [7, 11) is -5.34. The summed E-state index contributed by atoms with van der Waals surface area (Å²) in [5, 5.41) is 12.6. The molecule has 0 spiro atoms. The molecule has 9 heteroatoms. The van der Waals surface area contributed by atoms with Gasteiger partial charge in [-0.25, -0.2) is 8.42 Å². The summed E-state index contributed by atoms with van der Waals surface area (Å²) in [6.45, 7) is 1.56. The number of sulfone groups is 1. The average molecular weight is 400 g/mol. The summed E-state index contributed by atoms with van der Waals surface area (Å²) in [6.07, 6.45) is 1.21. The number of nitrogens with one attached hydrogen (secondary N) is 1. The SMILES string of the molecule is O=S(=O)(c1ccc(Nc2ccc(N3CCC(O)CC3)cc2)cc1)C(F)(F)F. The molecule has 0 aliphatic carbocycles. The predicted octanol–water partition coefficient (Wildman–Crippen LogP) is 3.68. The number of aliphatic hydroxyl groups is 1. The lowest BCUT2D eigenvalue weighted by molar-refractivity contribution is -0.0436. The second-order valence-electron chi connectivity index (χ2n) is 6.36. The Balaban J connectivity index is 1.67. The van der Waals surface area contributed by atoms with Crippen LogP contribution in [0, 0.1) is 0 Å². The molecule has 1 heterocycles. The molecule has 0 atom stereocenters. The molecule has 0 amide bonds. The van der Waals surface area contributed by atoms with Gasteiger partial charge in [-0.15, -0.1) is 0 Å². The first kappa shape index (κ1) is 19.5. The summed E-state index contributed by atoms with van der Waals surface area (Å²) in [5.74, 6) is 0. The summed E-state index contributed by atoms with van der Waals surface area (Å²) in [4.78, 5) is 1.39. The van der Waals surface area contributed by atoms with E-state index in [1.54, 1.807) is 0 Å². The zero-order valence-electron chi connectivity index (χ0n) is 14.3. The zero-order chi connectivity index (χ0) is 19.7. The minimum absolute atomic E-state index is 0.244. The minimum atomic E-state index is -5.34. The Morgan fingerprint density at radius 2 is 1.41 bits per heavy atom. The van der Waals surface area contributed by atoms with E-state index in [9.17, 15) is 26.7 Å². The van der Waals surface area contributed by atoms with E-state index >= 15 is 0 Å². The van der Waals surface area contributed by atoms with Gasteiger partial charge in [-0.05, 0) is 61.4 Å². The van der Waals surface area contributed by atoms with Crippen LogP contribution in [0.25, 0.3) is 0 Å². The Morgan fingerprint density at radius 1 is 0.926 bits per heavy atom. The number of aliphatic hydroxyl groups excluding tert-OH is 1. The Morgan fingerprint density at radius 3 is 1.89 bits per heavy atom. The molecule has 1 aliphatic heterocycles. The number of nitrogens with zero attached hydrogens (tertiary/aromatic N) is 1. The fourth-order valence-electron chi connectivity index (χ4n) is 2.90. The van der Waals surface area contributed by atoms with Gasteiger partial charge in [-0.1, -0.05) is 0 Å². The molecule has 5 nitrogen and oxygen atoms in total. The van der Waals surface area contributed by atoms with Gasteiger partial charge in [0.2, 0.25) is 0 Å². The maximum absolute atomic E-state index is 12.6. The average Bonchev–Trinajstić information content (AvgIpc) is 2.63. The van der Waals surface area contributed by atoms with Crippen molar-refractivity contribution in [2.75, 3.05) is 23.3 Å².